The highest BCUT2D eigenvalue weighted by atomic mass is 35.5. The standard InChI is InChI=1S/C13H16F3NO.ClH/c1-9-8-18-12(2,17-9)7-10-4-3-5-11(6-10)13(14,15)16;/h3-6,9,17H,7-8H2,1-2H3;1H. The monoisotopic (exact) mass is 295 g/mol. The van der Waals surface area contributed by atoms with Crippen LogP contribution in [0.2, 0.25) is 0 Å². The van der Waals surface area contributed by atoms with Gasteiger partial charge in [-0.25, -0.2) is 0 Å². The molecule has 1 aromatic rings. The van der Waals surface area contributed by atoms with E-state index in [1.807, 2.05) is 13.8 Å². The number of benzene rings is 1. The van der Waals surface area contributed by atoms with Gasteiger partial charge in [-0.05, 0) is 25.5 Å². The molecule has 0 saturated carbocycles. The van der Waals surface area contributed by atoms with E-state index < -0.39 is 17.5 Å². The zero-order valence-electron chi connectivity index (χ0n) is 10.8. The third-order valence-corrected chi connectivity index (χ3v) is 3.00. The summed E-state index contributed by atoms with van der Waals surface area (Å²) in [5.41, 5.74) is -0.576. The van der Waals surface area contributed by atoms with E-state index in [4.69, 9.17) is 4.74 Å². The summed E-state index contributed by atoms with van der Waals surface area (Å²) in [6.07, 6.45) is -3.88. The van der Waals surface area contributed by atoms with Crippen molar-refractivity contribution in [1.29, 1.82) is 0 Å². The molecule has 0 spiro atoms. The second-order valence-corrected chi connectivity index (χ2v) is 4.96. The van der Waals surface area contributed by atoms with Crippen molar-refractivity contribution >= 4 is 12.4 Å². The fourth-order valence-electron chi connectivity index (χ4n) is 2.26. The second-order valence-electron chi connectivity index (χ2n) is 4.96. The van der Waals surface area contributed by atoms with E-state index in [0.717, 1.165) is 6.07 Å². The molecule has 1 saturated heterocycles. The summed E-state index contributed by atoms with van der Waals surface area (Å²) in [6, 6.07) is 5.60. The number of ether oxygens (including phenoxy) is 1. The highest BCUT2D eigenvalue weighted by molar-refractivity contribution is 5.85. The highest BCUT2D eigenvalue weighted by Gasteiger charge is 2.35. The third kappa shape index (κ3) is 4.09. The predicted molar refractivity (Wildman–Crippen MR) is 69.4 cm³/mol. The largest absolute Gasteiger partial charge is 0.416 e. The van der Waals surface area contributed by atoms with Gasteiger partial charge in [0.25, 0.3) is 0 Å². The van der Waals surface area contributed by atoms with Crippen LogP contribution in [0.1, 0.15) is 25.0 Å². The molecule has 1 aliphatic heterocycles. The van der Waals surface area contributed by atoms with E-state index in [1.54, 1.807) is 6.07 Å². The fourth-order valence-corrected chi connectivity index (χ4v) is 2.26. The van der Waals surface area contributed by atoms with Crippen LogP contribution in [0.5, 0.6) is 0 Å². The maximum Gasteiger partial charge on any atom is 0.416 e. The average Bonchev–Trinajstić information content (AvgIpc) is 2.57. The summed E-state index contributed by atoms with van der Waals surface area (Å²) < 4.78 is 43.4. The van der Waals surface area contributed by atoms with Crippen LogP contribution in [-0.2, 0) is 17.3 Å². The number of hydrogen-bond donors (Lipinski definition) is 1. The molecular weight excluding hydrogens is 279 g/mol. The maximum absolute atomic E-state index is 12.6. The van der Waals surface area contributed by atoms with Crippen molar-refractivity contribution in [2.24, 2.45) is 0 Å². The van der Waals surface area contributed by atoms with Crippen molar-refractivity contribution in [2.75, 3.05) is 6.61 Å². The smallest absolute Gasteiger partial charge is 0.359 e. The zero-order valence-corrected chi connectivity index (χ0v) is 11.6. The Balaban J connectivity index is 0.00000180. The van der Waals surface area contributed by atoms with Gasteiger partial charge in [-0.2, -0.15) is 13.2 Å². The normalized spacial score (nSPS) is 27.1. The van der Waals surface area contributed by atoms with Crippen LogP contribution in [0.4, 0.5) is 13.2 Å². The molecule has 0 bridgehead atoms. The molecule has 2 nitrogen and oxygen atoms in total. The van der Waals surface area contributed by atoms with Crippen LogP contribution in [0.25, 0.3) is 0 Å². The van der Waals surface area contributed by atoms with Gasteiger partial charge in [-0.3, -0.25) is 5.32 Å². The van der Waals surface area contributed by atoms with Crippen LogP contribution < -0.4 is 5.32 Å². The van der Waals surface area contributed by atoms with Crippen LogP contribution in [0, 0.1) is 0 Å². The number of halogens is 4. The molecule has 108 valence electrons. The Morgan fingerprint density at radius 3 is 2.63 bits per heavy atom. The van der Waals surface area contributed by atoms with Crippen molar-refractivity contribution in [1.82, 2.24) is 5.32 Å². The Morgan fingerprint density at radius 1 is 1.42 bits per heavy atom. The Kier molecular flexibility index (Phi) is 4.87. The lowest BCUT2D eigenvalue weighted by atomic mass is 10.0. The van der Waals surface area contributed by atoms with E-state index >= 15 is 0 Å². The summed E-state index contributed by atoms with van der Waals surface area (Å²) in [6.45, 7) is 4.42. The van der Waals surface area contributed by atoms with Gasteiger partial charge >= 0.3 is 6.18 Å². The lowest BCUT2D eigenvalue weighted by Crippen LogP contribution is -2.42. The van der Waals surface area contributed by atoms with E-state index in [0.29, 0.717) is 18.6 Å². The van der Waals surface area contributed by atoms with Gasteiger partial charge in [0.05, 0.1) is 12.2 Å². The van der Waals surface area contributed by atoms with Crippen LogP contribution in [0.15, 0.2) is 24.3 Å². The molecule has 1 aromatic carbocycles. The molecule has 0 aliphatic carbocycles. The Hall–Kier alpha value is -0.780. The van der Waals surface area contributed by atoms with E-state index in [2.05, 4.69) is 5.32 Å². The molecule has 0 amide bonds. The van der Waals surface area contributed by atoms with Crippen molar-refractivity contribution in [2.45, 2.75) is 38.2 Å². The van der Waals surface area contributed by atoms with Gasteiger partial charge in [0.1, 0.15) is 5.72 Å². The summed E-state index contributed by atoms with van der Waals surface area (Å²) in [7, 11) is 0. The molecule has 1 aliphatic rings. The minimum absolute atomic E-state index is 0. The van der Waals surface area contributed by atoms with Gasteiger partial charge in [-0.1, -0.05) is 18.2 Å². The Bertz CT molecular complexity index is 438. The van der Waals surface area contributed by atoms with Crippen molar-refractivity contribution in [3.05, 3.63) is 35.4 Å². The zero-order chi connectivity index (χ0) is 13.4. The lowest BCUT2D eigenvalue weighted by Gasteiger charge is -2.24. The number of hydrogen-bond acceptors (Lipinski definition) is 2. The van der Waals surface area contributed by atoms with Crippen molar-refractivity contribution in [3.8, 4) is 0 Å². The number of alkyl halides is 3. The third-order valence-electron chi connectivity index (χ3n) is 3.00. The topological polar surface area (TPSA) is 21.3 Å². The lowest BCUT2D eigenvalue weighted by molar-refractivity contribution is -0.137. The molecule has 0 aromatic heterocycles. The SMILES string of the molecule is CC1COC(C)(Cc2cccc(C(F)(F)F)c2)N1.Cl. The molecular formula is C13H17ClF3NO. The van der Waals surface area contributed by atoms with Crippen molar-refractivity contribution < 1.29 is 17.9 Å². The molecule has 2 unspecified atom stereocenters. The molecule has 19 heavy (non-hydrogen) atoms. The molecule has 2 rings (SSSR count). The van der Waals surface area contributed by atoms with E-state index in [9.17, 15) is 13.2 Å². The van der Waals surface area contributed by atoms with Gasteiger partial charge in [0, 0.05) is 12.5 Å². The minimum Gasteiger partial charge on any atom is -0.359 e. The van der Waals surface area contributed by atoms with Crippen LogP contribution >= 0.6 is 12.4 Å². The number of nitrogens with one attached hydrogen (secondary N) is 1. The van der Waals surface area contributed by atoms with Gasteiger partial charge < -0.3 is 4.74 Å². The van der Waals surface area contributed by atoms with E-state index in [1.165, 1.54) is 12.1 Å². The number of rotatable bonds is 2. The summed E-state index contributed by atoms with van der Waals surface area (Å²) in [5, 5.41) is 3.23. The first kappa shape index (κ1) is 16.3. The Labute approximate surface area is 116 Å². The first-order valence-electron chi connectivity index (χ1n) is 5.86. The summed E-state index contributed by atoms with van der Waals surface area (Å²) in [5.74, 6) is 0. The average molecular weight is 296 g/mol. The Morgan fingerprint density at radius 2 is 2.11 bits per heavy atom. The molecule has 1 heterocycles. The second kappa shape index (κ2) is 5.69. The first-order chi connectivity index (χ1) is 8.28. The summed E-state index contributed by atoms with van der Waals surface area (Å²) in [4.78, 5) is 0. The minimum atomic E-state index is -4.30. The molecule has 1 fully saturated rings. The first-order valence-corrected chi connectivity index (χ1v) is 5.86. The van der Waals surface area contributed by atoms with Crippen LogP contribution in [-0.4, -0.2) is 18.4 Å². The van der Waals surface area contributed by atoms with E-state index in [-0.39, 0.29) is 18.4 Å². The maximum atomic E-state index is 12.6. The molecule has 2 atom stereocenters. The fraction of sp³-hybridized carbons (Fsp3) is 0.538. The quantitative estimate of drug-likeness (QED) is 0.903. The molecule has 6 heteroatoms. The van der Waals surface area contributed by atoms with Crippen LogP contribution in [0.3, 0.4) is 0 Å². The molecule has 0 radical (unpaired) electrons. The highest BCUT2D eigenvalue weighted by Crippen LogP contribution is 2.30. The predicted octanol–water partition coefficient (Wildman–Crippen LogP) is 3.39. The van der Waals surface area contributed by atoms with Gasteiger partial charge in [0.15, 0.2) is 0 Å². The van der Waals surface area contributed by atoms with Crippen molar-refractivity contribution in [3.63, 3.8) is 0 Å². The van der Waals surface area contributed by atoms with Gasteiger partial charge in [-0.15, -0.1) is 12.4 Å². The summed E-state index contributed by atoms with van der Waals surface area (Å²) >= 11 is 0. The molecule has 1 N–H and O–H groups in total. The van der Waals surface area contributed by atoms with Gasteiger partial charge in [0.2, 0.25) is 0 Å².